The normalized spacial score (nSPS) is 17.3. The molecule has 2 heterocycles. The number of rotatable bonds is 4. The van der Waals surface area contributed by atoms with Crippen LogP contribution in [0.5, 0.6) is 0 Å². The van der Waals surface area contributed by atoms with Crippen LogP contribution in [0.3, 0.4) is 0 Å². The van der Waals surface area contributed by atoms with Crippen molar-refractivity contribution in [3.63, 3.8) is 0 Å². The van der Waals surface area contributed by atoms with Gasteiger partial charge >= 0.3 is 0 Å². The van der Waals surface area contributed by atoms with E-state index in [1.807, 2.05) is 13.8 Å². The van der Waals surface area contributed by atoms with E-state index in [0.717, 1.165) is 22.4 Å². The van der Waals surface area contributed by atoms with Crippen molar-refractivity contribution in [2.75, 3.05) is 13.1 Å². The van der Waals surface area contributed by atoms with Gasteiger partial charge in [0.05, 0.1) is 10.5 Å². The quantitative estimate of drug-likeness (QED) is 0.888. The van der Waals surface area contributed by atoms with Crippen LogP contribution in [0.15, 0.2) is 47.6 Å². The number of piperidine rings is 1. The Morgan fingerprint density at radius 2 is 1.77 bits per heavy atom. The Morgan fingerprint density at radius 1 is 1.15 bits per heavy atom. The molecule has 2 aromatic rings. The van der Waals surface area contributed by atoms with Crippen LogP contribution < -0.4 is 5.73 Å². The predicted octanol–water partition coefficient (Wildman–Crippen LogP) is 2.23. The third kappa shape index (κ3) is 3.68. The highest BCUT2D eigenvalue weighted by Crippen LogP contribution is 2.22. The van der Waals surface area contributed by atoms with Gasteiger partial charge in [-0.1, -0.05) is 17.7 Å². The number of likely N-dealkylation sites (tertiary alicyclic amines) is 1. The number of aromatic nitrogens is 1. The zero-order valence-electron chi connectivity index (χ0n) is 15.1. The van der Waals surface area contributed by atoms with E-state index in [1.54, 1.807) is 35.2 Å². The Kier molecular flexibility index (Phi) is 5.20. The number of hydrogen-bond acceptors (Lipinski definition) is 4. The highest BCUT2D eigenvalue weighted by molar-refractivity contribution is 7.90. The van der Waals surface area contributed by atoms with Gasteiger partial charge in [-0.05, 0) is 50.8 Å². The van der Waals surface area contributed by atoms with Crippen molar-refractivity contribution in [1.82, 2.24) is 8.87 Å². The number of hydrogen-bond donors (Lipinski definition) is 1. The van der Waals surface area contributed by atoms with Gasteiger partial charge in [-0.25, -0.2) is 12.4 Å². The molecule has 140 valence electrons. The third-order valence-electron chi connectivity index (χ3n) is 5.08. The Bertz CT molecular complexity index is 877. The van der Waals surface area contributed by atoms with Gasteiger partial charge < -0.3 is 10.6 Å². The largest absolute Gasteiger partial charge is 0.339 e. The summed E-state index contributed by atoms with van der Waals surface area (Å²) in [5, 5.41) is 0. The highest BCUT2D eigenvalue weighted by atomic mass is 32.2. The van der Waals surface area contributed by atoms with Crippen LogP contribution in [0.2, 0.25) is 0 Å². The van der Waals surface area contributed by atoms with Gasteiger partial charge in [0.15, 0.2) is 0 Å². The monoisotopic (exact) mass is 375 g/mol. The predicted molar refractivity (Wildman–Crippen MR) is 100 cm³/mol. The number of carbonyl (C=O) groups excluding carboxylic acids is 1. The molecule has 1 aromatic carbocycles. The van der Waals surface area contributed by atoms with Gasteiger partial charge in [0.1, 0.15) is 0 Å². The van der Waals surface area contributed by atoms with Crippen molar-refractivity contribution in [1.29, 1.82) is 0 Å². The molecule has 1 fully saturated rings. The van der Waals surface area contributed by atoms with Crippen LogP contribution in [0.1, 0.15) is 35.7 Å². The summed E-state index contributed by atoms with van der Waals surface area (Å²) < 4.78 is 26.5. The number of benzene rings is 1. The zero-order chi connectivity index (χ0) is 18.9. The van der Waals surface area contributed by atoms with Crippen LogP contribution >= 0.6 is 0 Å². The van der Waals surface area contributed by atoms with Crippen LogP contribution in [0.4, 0.5) is 0 Å². The first kappa shape index (κ1) is 18.7. The number of amides is 1. The second kappa shape index (κ2) is 7.25. The van der Waals surface area contributed by atoms with E-state index in [1.165, 1.54) is 12.4 Å². The first-order valence-corrected chi connectivity index (χ1v) is 10.3. The van der Waals surface area contributed by atoms with Gasteiger partial charge in [-0.15, -0.1) is 0 Å². The molecule has 7 heteroatoms. The molecule has 2 N–H and O–H groups in total. The van der Waals surface area contributed by atoms with Gasteiger partial charge in [-0.2, -0.15) is 0 Å². The summed E-state index contributed by atoms with van der Waals surface area (Å²) in [6.07, 6.45) is 4.59. The molecule has 1 aromatic heterocycles. The molecule has 1 amide bonds. The molecular formula is C19H25N3O3S. The summed E-state index contributed by atoms with van der Waals surface area (Å²) in [6, 6.07) is 8.35. The lowest BCUT2D eigenvalue weighted by Crippen LogP contribution is -2.42. The number of aryl methyl sites for hydroxylation is 1. The van der Waals surface area contributed by atoms with Gasteiger partial charge in [-0.3, -0.25) is 4.79 Å². The van der Waals surface area contributed by atoms with Crippen molar-refractivity contribution >= 4 is 15.9 Å². The molecule has 1 atom stereocenters. The Labute approximate surface area is 154 Å². The smallest absolute Gasteiger partial charge is 0.267 e. The van der Waals surface area contributed by atoms with Crippen molar-refractivity contribution < 1.29 is 13.2 Å². The lowest BCUT2D eigenvalue weighted by molar-refractivity contribution is 0.0681. The molecular weight excluding hydrogens is 350 g/mol. The molecule has 1 unspecified atom stereocenters. The summed E-state index contributed by atoms with van der Waals surface area (Å²) in [4.78, 5) is 14.7. The van der Waals surface area contributed by atoms with E-state index in [4.69, 9.17) is 5.73 Å². The van der Waals surface area contributed by atoms with Crippen LogP contribution in [-0.4, -0.2) is 42.3 Å². The molecule has 3 rings (SSSR count). The molecule has 6 nitrogen and oxygen atoms in total. The average molecular weight is 375 g/mol. The molecule has 0 radical (unpaired) electrons. The lowest BCUT2D eigenvalue weighted by Gasteiger charge is -2.33. The Hall–Kier alpha value is -2.12. The molecule has 0 aliphatic carbocycles. The number of nitrogens with two attached hydrogens (primary N) is 1. The maximum atomic E-state index is 12.7. The molecule has 0 bridgehead atoms. The first-order chi connectivity index (χ1) is 12.3. The standard InChI is InChI=1S/C19H25N3O3S/c1-14-3-5-18(6-4-14)26(24,25)22-12-9-17(13-22)19(23)21-10-7-16(8-11-21)15(2)20/h3-6,9,12-13,15-16H,7-8,10-11,20H2,1-2H3. The average Bonchev–Trinajstić information content (AvgIpc) is 3.12. The van der Waals surface area contributed by atoms with E-state index in [0.29, 0.717) is 24.6 Å². The van der Waals surface area contributed by atoms with Gasteiger partial charge in [0.25, 0.3) is 15.9 Å². The summed E-state index contributed by atoms with van der Waals surface area (Å²) >= 11 is 0. The van der Waals surface area contributed by atoms with Crippen molar-refractivity contribution in [3.05, 3.63) is 53.9 Å². The van der Waals surface area contributed by atoms with E-state index < -0.39 is 10.0 Å². The molecule has 1 saturated heterocycles. The molecule has 1 aliphatic heterocycles. The zero-order valence-corrected chi connectivity index (χ0v) is 15.9. The van der Waals surface area contributed by atoms with Crippen LogP contribution in [0, 0.1) is 12.8 Å². The maximum Gasteiger partial charge on any atom is 0.267 e. The minimum Gasteiger partial charge on any atom is -0.339 e. The van der Waals surface area contributed by atoms with Crippen molar-refractivity contribution in [2.24, 2.45) is 11.7 Å². The van der Waals surface area contributed by atoms with Gasteiger partial charge in [0, 0.05) is 31.5 Å². The summed E-state index contributed by atoms with van der Waals surface area (Å²) in [5.41, 5.74) is 7.32. The number of nitrogens with zero attached hydrogens (tertiary/aromatic N) is 2. The summed E-state index contributed by atoms with van der Waals surface area (Å²) in [6.45, 7) is 5.21. The molecule has 1 aliphatic rings. The van der Waals surface area contributed by atoms with Crippen molar-refractivity contribution in [3.8, 4) is 0 Å². The fourth-order valence-electron chi connectivity index (χ4n) is 3.30. The first-order valence-electron chi connectivity index (χ1n) is 8.84. The minimum absolute atomic E-state index is 0.132. The van der Waals surface area contributed by atoms with Crippen molar-refractivity contribution in [2.45, 2.75) is 37.6 Å². The SMILES string of the molecule is Cc1ccc(S(=O)(=O)n2ccc(C(=O)N3CCC(C(C)N)CC3)c2)cc1. The molecule has 26 heavy (non-hydrogen) atoms. The Morgan fingerprint density at radius 3 is 2.35 bits per heavy atom. The summed E-state index contributed by atoms with van der Waals surface area (Å²) in [5.74, 6) is 0.302. The van der Waals surface area contributed by atoms with Gasteiger partial charge in [0.2, 0.25) is 0 Å². The Balaban J connectivity index is 1.75. The topological polar surface area (TPSA) is 85.4 Å². The third-order valence-corrected chi connectivity index (χ3v) is 6.73. The molecule has 0 saturated carbocycles. The van der Waals surface area contributed by atoms with E-state index in [-0.39, 0.29) is 16.8 Å². The fourth-order valence-corrected chi connectivity index (χ4v) is 4.49. The highest BCUT2D eigenvalue weighted by Gasteiger charge is 2.26. The maximum absolute atomic E-state index is 12.7. The lowest BCUT2D eigenvalue weighted by atomic mass is 9.91. The summed E-state index contributed by atoms with van der Waals surface area (Å²) in [7, 11) is -3.69. The van der Waals surface area contributed by atoms with Crippen LogP contribution in [0.25, 0.3) is 0 Å². The van der Waals surface area contributed by atoms with Crippen LogP contribution in [-0.2, 0) is 10.0 Å². The van der Waals surface area contributed by atoms with E-state index in [9.17, 15) is 13.2 Å². The number of carbonyl (C=O) groups is 1. The minimum atomic E-state index is -3.69. The second-order valence-electron chi connectivity index (χ2n) is 7.04. The molecule has 0 spiro atoms. The van der Waals surface area contributed by atoms with E-state index in [2.05, 4.69) is 0 Å². The second-order valence-corrected chi connectivity index (χ2v) is 8.88. The van der Waals surface area contributed by atoms with E-state index >= 15 is 0 Å². The fraction of sp³-hybridized carbons (Fsp3) is 0.421.